The molecule has 3 heteroatoms. The molecule has 0 bridgehead atoms. The number of rotatable bonds is 2. The first kappa shape index (κ1) is 19.9. The fourth-order valence-electron chi connectivity index (χ4n) is 3.04. The van der Waals surface area contributed by atoms with Crippen LogP contribution in [0.2, 0.25) is 0 Å². The van der Waals surface area contributed by atoms with Crippen molar-refractivity contribution in [1.82, 2.24) is 0 Å². The number of allylic oxidation sites excluding steroid dienone is 2. The van der Waals surface area contributed by atoms with Crippen molar-refractivity contribution in [2.24, 2.45) is 11.8 Å². The monoisotopic (exact) mass is 320 g/mol. The van der Waals surface area contributed by atoms with Crippen molar-refractivity contribution in [3.8, 4) is 0 Å². The van der Waals surface area contributed by atoms with Gasteiger partial charge in [0.15, 0.2) is 0 Å². The lowest BCUT2D eigenvalue weighted by Crippen LogP contribution is -2.21. The average molecular weight is 320 g/mol. The van der Waals surface area contributed by atoms with E-state index in [1.165, 1.54) is 5.57 Å². The van der Waals surface area contributed by atoms with Gasteiger partial charge in [0.05, 0.1) is 12.7 Å². The van der Waals surface area contributed by atoms with E-state index in [1.54, 1.807) is 6.08 Å². The third kappa shape index (κ3) is 6.84. The Morgan fingerprint density at radius 1 is 1.30 bits per heavy atom. The fourth-order valence-corrected chi connectivity index (χ4v) is 3.04. The summed E-state index contributed by atoms with van der Waals surface area (Å²) < 4.78 is 0. The van der Waals surface area contributed by atoms with Crippen molar-refractivity contribution >= 4 is 5.78 Å². The van der Waals surface area contributed by atoms with Crippen LogP contribution < -0.4 is 0 Å². The summed E-state index contributed by atoms with van der Waals surface area (Å²) in [5, 5.41) is 20.0. The van der Waals surface area contributed by atoms with Gasteiger partial charge in [-0.05, 0) is 51.5 Å². The molecule has 130 valence electrons. The van der Waals surface area contributed by atoms with Crippen LogP contribution in [0.5, 0.6) is 0 Å². The van der Waals surface area contributed by atoms with Crippen molar-refractivity contribution in [2.45, 2.75) is 65.4 Å². The maximum Gasteiger partial charge on any atom is 0.136 e. The molecule has 3 atom stereocenters. The summed E-state index contributed by atoms with van der Waals surface area (Å²) in [4.78, 5) is 12.2. The molecule has 0 fully saturated rings. The molecule has 0 amide bonds. The molecule has 0 aromatic heterocycles. The van der Waals surface area contributed by atoms with Gasteiger partial charge in [-0.3, -0.25) is 4.79 Å². The molecule has 23 heavy (non-hydrogen) atoms. The second kappa shape index (κ2) is 9.84. The number of carbonyl (C=O) groups is 1. The van der Waals surface area contributed by atoms with Gasteiger partial charge in [0.1, 0.15) is 5.78 Å². The summed E-state index contributed by atoms with van der Waals surface area (Å²) in [5.41, 5.74) is 3.00. The maximum atomic E-state index is 12.2. The highest BCUT2D eigenvalue weighted by Crippen LogP contribution is 2.25. The van der Waals surface area contributed by atoms with Gasteiger partial charge >= 0.3 is 0 Å². The number of Topliss-reactive ketones (excluding diaryl/α,β-unsaturated/α-hetero) is 1. The first-order valence-electron chi connectivity index (χ1n) is 8.67. The van der Waals surface area contributed by atoms with Gasteiger partial charge in [-0.15, -0.1) is 0 Å². The lowest BCUT2D eigenvalue weighted by atomic mass is 9.86. The minimum atomic E-state index is -0.655. The standard InChI is InChI=1S/C20H32O3/c1-14(2)18-10-8-15(3)6-5-7-16(4)19(22)11-9-17(13-21)12-20(18)23/h6,12,16,18,20-21,23H,1,5,7-11,13H2,2-4H3/b15-6+,17-12+/t16?,18-,20+/m1/s1. The van der Waals surface area contributed by atoms with E-state index < -0.39 is 6.10 Å². The second-order valence-electron chi connectivity index (χ2n) is 6.96. The van der Waals surface area contributed by atoms with Crippen molar-refractivity contribution in [2.75, 3.05) is 6.61 Å². The highest BCUT2D eigenvalue weighted by atomic mass is 16.3. The molecule has 0 aromatic rings. The van der Waals surface area contributed by atoms with Crippen LogP contribution in [0.4, 0.5) is 0 Å². The first-order valence-corrected chi connectivity index (χ1v) is 8.67. The minimum Gasteiger partial charge on any atom is -0.392 e. The third-order valence-electron chi connectivity index (χ3n) is 4.84. The molecule has 0 saturated carbocycles. The molecule has 1 aliphatic rings. The van der Waals surface area contributed by atoms with Crippen LogP contribution in [0, 0.1) is 11.8 Å². The summed E-state index contributed by atoms with van der Waals surface area (Å²) in [6.45, 7) is 9.92. The van der Waals surface area contributed by atoms with E-state index in [1.807, 2.05) is 13.8 Å². The highest BCUT2D eigenvalue weighted by Gasteiger charge is 2.20. The van der Waals surface area contributed by atoms with Gasteiger partial charge in [-0.1, -0.05) is 36.8 Å². The summed E-state index contributed by atoms with van der Waals surface area (Å²) in [6.07, 6.45) is 7.80. The maximum absolute atomic E-state index is 12.2. The molecular weight excluding hydrogens is 288 g/mol. The van der Waals surface area contributed by atoms with Crippen molar-refractivity contribution < 1.29 is 15.0 Å². The van der Waals surface area contributed by atoms with Crippen LogP contribution in [0.15, 0.2) is 35.5 Å². The zero-order chi connectivity index (χ0) is 17.4. The Labute approximate surface area is 140 Å². The minimum absolute atomic E-state index is 0.0162. The first-order chi connectivity index (χ1) is 10.8. The fraction of sp³-hybridized carbons (Fsp3) is 0.650. The van der Waals surface area contributed by atoms with Gasteiger partial charge in [0.25, 0.3) is 0 Å². The Hall–Kier alpha value is -1.19. The van der Waals surface area contributed by atoms with E-state index in [2.05, 4.69) is 19.6 Å². The van der Waals surface area contributed by atoms with Crippen molar-refractivity contribution in [3.63, 3.8) is 0 Å². The number of hydrogen-bond acceptors (Lipinski definition) is 3. The molecule has 0 saturated heterocycles. The van der Waals surface area contributed by atoms with Gasteiger partial charge < -0.3 is 10.2 Å². The SMILES string of the molecule is C=C(C)[C@H]1CC/C(C)=C/CCC(C)C(=O)CC/C(CO)=C\[C@@H]1O. The Morgan fingerprint density at radius 3 is 2.61 bits per heavy atom. The number of ketones is 1. The van der Waals surface area contributed by atoms with Crippen LogP contribution in [0.25, 0.3) is 0 Å². The third-order valence-corrected chi connectivity index (χ3v) is 4.84. The van der Waals surface area contributed by atoms with Gasteiger partial charge in [0.2, 0.25) is 0 Å². The van der Waals surface area contributed by atoms with Crippen LogP contribution in [-0.2, 0) is 4.79 Å². The predicted octanol–water partition coefficient (Wildman–Crippen LogP) is 3.96. The molecular formula is C20H32O3. The Morgan fingerprint density at radius 2 is 2.00 bits per heavy atom. The van der Waals surface area contributed by atoms with Gasteiger partial charge in [0, 0.05) is 18.3 Å². The molecule has 3 nitrogen and oxygen atoms in total. The quantitative estimate of drug-likeness (QED) is 0.757. The number of hydrogen-bond donors (Lipinski definition) is 2. The van der Waals surface area contributed by atoms with E-state index in [-0.39, 0.29) is 24.2 Å². The molecule has 1 rings (SSSR count). The van der Waals surface area contributed by atoms with Crippen molar-refractivity contribution in [3.05, 3.63) is 35.5 Å². The molecule has 0 heterocycles. The van der Waals surface area contributed by atoms with Crippen LogP contribution in [-0.4, -0.2) is 28.7 Å². The average Bonchev–Trinajstić information content (AvgIpc) is 2.49. The zero-order valence-corrected chi connectivity index (χ0v) is 14.8. The number of aliphatic hydroxyl groups excluding tert-OH is 2. The molecule has 0 spiro atoms. The summed E-state index contributed by atoms with van der Waals surface area (Å²) in [7, 11) is 0. The summed E-state index contributed by atoms with van der Waals surface area (Å²) in [5.74, 6) is 0.269. The number of carbonyl (C=O) groups excluding carboxylic acids is 1. The van der Waals surface area contributed by atoms with E-state index in [4.69, 9.17) is 0 Å². The summed E-state index contributed by atoms with van der Waals surface area (Å²) >= 11 is 0. The largest absolute Gasteiger partial charge is 0.392 e. The topological polar surface area (TPSA) is 57.5 Å². The van der Waals surface area contributed by atoms with Crippen LogP contribution in [0.1, 0.15) is 59.3 Å². The predicted molar refractivity (Wildman–Crippen MR) is 95.1 cm³/mol. The van der Waals surface area contributed by atoms with Crippen LogP contribution >= 0.6 is 0 Å². The molecule has 1 unspecified atom stereocenters. The van der Waals surface area contributed by atoms with E-state index in [0.29, 0.717) is 12.8 Å². The summed E-state index contributed by atoms with van der Waals surface area (Å²) in [6, 6.07) is 0. The molecule has 0 radical (unpaired) electrons. The normalized spacial score (nSPS) is 33.1. The second-order valence-corrected chi connectivity index (χ2v) is 6.96. The van der Waals surface area contributed by atoms with Gasteiger partial charge in [-0.25, -0.2) is 0 Å². The zero-order valence-electron chi connectivity index (χ0n) is 14.8. The van der Waals surface area contributed by atoms with E-state index >= 15 is 0 Å². The molecule has 2 N–H and O–H groups in total. The molecule has 1 aliphatic carbocycles. The molecule has 0 aliphatic heterocycles. The Balaban J connectivity index is 2.98. The molecule has 0 aromatic carbocycles. The lowest BCUT2D eigenvalue weighted by Gasteiger charge is -2.22. The van der Waals surface area contributed by atoms with Gasteiger partial charge in [-0.2, -0.15) is 0 Å². The number of aliphatic hydroxyl groups is 2. The van der Waals surface area contributed by atoms with Crippen LogP contribution in [0.3, 0.4) is 0 Å². The van der Waals surface area contributed by atoms with Crippen molar-refractivity contribution in [1.29, 1.82) is 0 Å². The Kier molecular flexibility index (Phi) is 8.49. The Bertz CT molecular complexity index is 473. The van der Waals surface area contributed by atoms with E-state index in [0.717, 1.165) is 36.8 Å². The van der Waals surface area contributed by atoms with E-state index in [9.17, 15) is 15.0 Å². The highest BCUT2D eigenvalue weighted by molar-refractivity contribution is 5.80. The smallest absolute Gasteiger partial charge is 0.136 e. The lowest BCUT2D eigenvalue weighted by molar-refractivity contribution is -0.122.